The Hall–Kier alpha value is -2.03. The van der Waals surface area contributed by atoms with Crippen LogP contribution in [0.25, 0.3) is 0 Å². The molecule has 0 atom stereocenters. The van der Waals surface area contributed by atoms with Gasteiger partial charge < -0.3 is 9.47 Å². The molecule has 3 nitrogen and oxygen atoms in total. The molecule has 2 heterocycles. The Bertz CT molecular complexity index is 581. The van der Waals surface area contributed by atoms with Crippen molar-refractivity contribution >= 4 is 5.91 Å². The molecule has 0 N–H and O–H groups in total. The highest BCUT2D eigenvalue weighted by molar-refractivity contribution is 5.95. The van der Waals surface area contributed by atoms with E-state index in [2.05, 4.69) is 29.1 Å². The number of aromatic nitrogens is 1. The van der Waals surface area contributed by atoms with Crippen molar-refractivity contribution < 1.29 is 4.79 Å². The van der Waals surface area contributed by atoms with E-state index in [-0.39, 0.29) is 5.91 Å². The van der Waals surface area contributed by atoms with E-state index in [4.69, 9.17) is 0 Å². The molecule has 0 aliphatic carbocycles. The van der Waals surface area contributed by atoms with Gasteiger partial charge in [0.25, 0.3) is 5.91 Å². The third-order valence-corrected chi connectivity index (χ3v) is 4.18. The summed E-state index contributed by atoms with van der Waals surface area (Å²) in [6.07, 6.45) is 6.30. The number of carbonyl (C=O) groups is 1. The third kappa shape index (κ3) is 2.48. The second-order valence-corrected chi connectivity index (χ2v) is 5.47. The standard InChI is InChI=1S/C17H20N2O/c1-14-6-2-3-7-16(14)17(20)19-12-8-15(9-13-19)18-10-4-5-11-18/h2-7,10-11,15H,8-9,12-13H2,1H3. The van der Waals surface area contributed by atoms with E-state index in [1.165, 1.54) is 0 Å². The quantitative estimate of drug-likeness (QED) is 0.820. The highest BCUT2D eigenvalue weighted by Gasteiger charge is 2.24. The van der Waals surface area contributed by atoms with Crippen LogP contribution in [0.1, 0.15) is 34.8 Å². The highest BCUT2D eigenvalue weighted by Crippen LogP contribution is 2.24. The largest absolute Gasteiger partial charge is 0.351 e. The predicted molar refractivity (Wildman–Crippen MR) is 79.8 cm³/mol. The van der Waals surface area contributed by atoms with Crippen LogP contribution < -0.4 is 0 Å². The monoisotopic (exact) mass is 268 g/mol. The maximum Gasteiger partial charge on any atom is 0.254 e. The fourth-order valence-electron chi connectivity index (χ4n) is 2.94. The lowest BCUT2D eigenvalue weighted by Gasteiger charge is -2.33. The van der Waals surface area contributed by atoms with Gasteiger partial charge in [-0.25, -0.2) is 0 Å². The number of nitrogens with zero attached hydrogens (tertiary/aromatic N) is 2. The Morgan fingerprint density at radius 2 is 1.70 bits per heavy atom. The van der Waals surface area contributed by atoms with Gasteiger partial charge in [-0.15, -0.1) is 0 Å². The molecule has 1 aromatic carbocycles. The number of benzene rings is 1. The molecule has 0 unspecified atom stereocenters. The van der Waals surface area contributed by atoms with Crippen LogP contribution >= 0.6 is 0 Å². The average molecular weight is 268 g/mol. The molecule has 20 heavy (non-hydrogen) atoms. The summed E-state index contributed by atoms with van der Waals surface area (Å²) < 4.78 is 2.26. The van der Waals surface area contributed by atoms with Crippen LogP contribution in [-0.4, -0.2) is 28.5 Å². The van der Waals surface area contributed by atoms with Crippen molar-refractivity contribution in [2.24, 2.45) is 0 Å². The maximum atomic E-state index is 12.5. The van der Waals surface area contributed by atoms with Gasteiger partial charge in [0.1, 0.15) is 0 Å². The lowest BCUT2D eigenvalue weighted by atomic mass is 10.0. The number of hydrogen-bond acceptors (Lipinski definition) is 1. The van der Waals surface area contributed by atoms with Crippen LogP contribution in [0.3, 0.4) is 0 Å². The molecule has 3 heteroatoms. The molecule has 0 radical (unpaired) electrons. The van der Waals surface area contributed by atoms with E-state index in [0.717, 1.165) is 37.1 Å². The highest BCUT2D eigenvalue weighted by atomic mass is 16.2. The molecule has 0 bridgehead atoms. The summed E-state index contributed by atoms with van der Waals surface area (Å²) in [5.41, 5.74) is 1.90. The minimum atomic E-state index is 0.175. The minimum Gasteiger partial charge on any atom is -0.351 e. The number of amides is 1. The summed E-state index contributed by atoms with van der Waals surface area (Å²) >= 11 is 0. The van der Waals surface area contributed by atoms with Gasteiger partial charge in [0.15, 0.2) is 0 Å². The van der Waals surface area contributed by atoms with Crippen molar-refractivity contribution in [2.45, 2.75) is 25.8 Å². The Balaban J connectivity index is 1.66. The lowest BCUT2D eigenvalue weighted by Crippen LogP contribution is -2.39. The van der Waals surface area contributed by atoms with Gasteiger partial charge in [-0.1, -0.05) is 18.2 Å². The summed E-state index contributed by atoms with van der Waals surface area (Å²) in [5, 5.41) is 0. The van der Waals surface area contributed by atoms with Crippen molar-refractivity contribution in [3.8, 4) is 0 Å². The van der Waals surface area contributed by atoms with E-state index >= 15 is 0 Å². The predicted octanol–water partition coefficient (Wildman–Crippen LogP) is 3.27. The summed E-state index contributed by atoms with van der Waals surface area (Å²) in [5.74, 6) is 0.175. The van der Waals surface area contributed by atoms with Gasteiger partial charge in [-0.2, -0.15) is 0 Å². The SMILES string of the molecule is Cc1ccccc1C(=O)N1CCC(n2cccc2)CC1. The van der Waals surface area contributed by atoms with E-state index in [0.29, 0.717) is 6.04 Å². The van der Waals surface area contributed by atoms with Gasteiger partial charge in [0.2, 0.25) is 0 Å². The first-order valence-electron chi connectivity index (χ1n) is 7.23. The molecule has 0 saturated carbocycles. The van der Waals surface area contributed by atoms with E-state index < -0.39 is 0 Å². The average Bonchev–Trinajstić information content (AvgIpc) is 3.01. The molecule has 3 rings (SSSR count). The molecule has 1 saturated heterocycles. The zero-order valence-corrected chi connectivity index (χ0v) is 11.8. The number of hydrogen-bond donors (Lipinski definition) is 0. The Kier molecular flexibility index (Phi) is 3.59. The zero-order valence-electron chi connectivity index (χ0n) is 11.8. The van der Waals surface area contributed by atoms with Crippen molar-refractivity contribution in [2.75, 3.05) is 13.1 Å². The van der Waals surface area contributed by atoms with Gasteiger partial charge in [-0.3, -0.25) is 4.79 Å². The van der Waals surface area contributed by atoms with Crippen LogP contribution in [0.15, 0.2) is 48.8 Å². The summed E-state index contributed by atoms with van der Waals surface area (Å²) in [6, 6.07) is 12.5. The lowest BCUT2D eigenvalue weighted by molar-refractivity contribution is 0.0694. The van der Waals surface area contributed by atoms with Crippen molar-refractivity contribution in [3.63, 3.8) is 0 Å². The summed E-state index contributed by atoms with van der Waals surface area (Å²) in [7, 11) is 0. The van der Waals surface area contributed by atoms with E-state index in [9.17, 15) is 4.79 Å². The summed E-state index contributed by atoms with van der Waals surface area (Å²) in [6.45, 7) is 3.69. The molecule has 1 aliphatic rings. The number of piperidine rings is 1. The second-order valence-electron chi connectivity index (χ2n) is 5.47. The Morgan fingerprint density at radius 1 is 1.05 bits per heavy atom. The second kappa shape index (κ2) is 5.53. The topological polar surface area (TPSA) is 25.2 Å². The fraction of sp³-hybridized carbons (Fsp3) is 0.353. The maximum absolute atomic E-state index is 12.5. The molecular weight excluding hydrogens is 248 g/mol. The van der Waals surface area contributed by atoms with Gasteiger partial charge in [0.05, 0.1) is 0 Å². The van der Waals surface area contributed by atoms with Crippen LogP contribution in [-0.2, 0) is 0 Å². The Morgan fingerprint density at radius 3 is 2.35 bits per heavy atom. The van der Waals surface area contributed by atoms with E-state index in [1.54, 1.807) is 0 Å². The van der Waals surface area contributed by atoms with Gasteiger partial charge >= 0.3 is 0 Å². The number of likely N-dealkylation sites (tertiary alicyclic amines) is 1. The molecule has 1 aromatic heterocycles. The van der Waals surface area contributed by atoms with Crippen molar-refractivity contribution in [3.05, 3.63) is 59.9 Å². The number of aryl methyl sites for hydroxylation is 1. The fourth-order valence-corrected chi connectivity index (χ4v) is 2.94. The van der Waals surface area contributed by atoms with Crippen molar-refractivity contribution in [1.29, 1.82) is 0 Å². The molecule has 104 valence electrons. The van der Waals surface area contributed by atoms with E-state index in [1.807, 2.05) is 36.1 Å². The van der Waals surface area contributed by atoms with Gasteiger partial charge in [-0.05, 0) is 43.5 Å². The molecule has 1 amide bonds. The summed E-state index contributed by atoms with van der Waals surface area (Å²) in [4.78, 5) is 14.5. The Labute approximate surface area is 119 Å². The first-order valence-corrected chi connectivity index (χ1v) is 7.23. The van der Waals surface area contributed by atoms with Crippen LogP contribution in [0.5, 0.6) is 0 Å². The zero-order chi connectivity index (χ0) is 13.9. The molecular formula is C17H20N2O. The van der Waals surface area contributed by atoms with Gasteiger partial charge in [0, 0.05) is 37.1 Å². The molecule has 0 spiro atoms. The smallest absolute Gasteiger partial charge is 0.254 e. The van der Waals surface area contributed by atoms with Crippen LogP contribution in [0.2, 0.25) is 0 Å². The first-order chi connectivity index (χ1) is 9.75. The third-order valence-electron chi connectivity index (χ3n) is 4.18. The minimum absolute atomic E-state index is 0.175. The molecule has 2 aromatic rings. The molecule has 1 fully saturated rings. The van der Waals surface area contributed by atoms with Crippen LogP contribution in [0, 0.1) is 6.92 Å². The number of rotatable bonds is 2. The molecule has 1 aliphatic heterocycles. The number of carbonyl (C=O) groups excluding carboxylic acids is 1. The van der Waals surface area contributed by atoms with Crippen LogP contribution in [0.4, 0.5) is 0 Å². The van der Waals surface area contributed by atoms with Crippen molar-refractivity contribution in [1.82, 2.24) is 9.47 Å². The first kappa shape index (κ1) is 13.0. The normalized spacial score (nSPS) is 16.4.